The molecule has 0 amide bonds. The van der Waals surface area contributed by atoms with Crippen LogP contribution in [0.5, 0.6) is 5.75 Å². The van der Waals surface area contributed by atoms with E-state index >= 15 is 0 Å². The number of ether oxygens (including phenoxy) is 1. The first-order valence-electron chi connectivity index (χ1n) is 8.99. The Morgan fingerprint density at radius 3 is 2.56 bits per heavy atom. The molecule has 6 heteroatoms. The van der Waals surface area contributed by atoms with Crippen LogP contribution in [0.3, 0.4) is 0 Å². The van der Waals surface area contributed by atoms with Crippen LogP contribution in [-0.4, -0.2) is 55.9 Å². The summed E-state index contributed by atoms with van der Waals surface area (Å²) in [7, 11) is 2.02. The lowest BCUT2D eigenvalue weighted by Crippen LogP contribution is -2.41. The van der Waals surface area contributed by atoms with Crippen LogP contribution in [0.15, 0.2) is 35.3 Å². The Balaban J connectivity index is 0.00000576. The van der Waals surface area contributed by atoms with Crippen LogP contribution < -0.4 is 10.1 Å². The summed E-state index contributed by atoms with van der Waals surface area (Å²) in [4.78, 5) is 6.83. The van der Waals surface area contributed by atoms with Gasteiger partial charge in [0.25, 0.3) is 0 Å². The van der Waals surface area contributed by atoms with Crippen molar-refractivity contribution in [3.8, 4) is 5.75 Å². The number of aliphatic hydroxyl groups is 1. The van der Waals surface area contributed by atoms with Crippen molar-refractivity contribution in [3.05, 3.63) is 30.3 Å². The van der Waals surface area contributed by atoms with Gasteiger partial charge in [0.1, 0.15) is 12.4 Å². The number of benzene rings is 1. The number of para-hydroxylation sites is 1. The minimum Gasteiger partial charge on any atom is -0.492 e. The molecule has 25 heavy (non-hydrogen) atoms. The number of rotatable bonds is 11. The monoisotopic (exact) mass is 463 g/mol. The topological polar surface area (TPSA) is 57.1 Å². The van der Waals surface area contributed by atoms with Crippen LogP contribution in [0.4, 0.5) is 0 Å². The maximum Gasteiger partial charge on any atom is 0.193 e. The number of hydrogen-bond donors (Lipinski definition) is 2. The first kappa shape index (κ1) is 24.0. The third-order valence-corrected chi connectivity index (χ3v) is 3.87. The van der Waals surface area contributed by atoms with E-state index in [1.165, 1.54) is 0 Å². The lowest BCUT2D eigenvalue weighted by Gasteiger charge is -2.23. The standard InChI is InChI=1S/C19H33N3O2.HI/c1-4-9-17(12-14-23)16-21-19(20-5-2)22(3)13-15-24-18-10-7-6-8-11-18;/h6-8,10-11,17,23H,4-5,9,12-16H2,1-3H3,(H,20,21);1H. The molecule has 0 fully saturated rings. The lowest BCUT2D eigenvalue weighted by atomic mass is 10.0. The van der Waals surface area contributed by atoms with Crippen LogP contribution in [0.2, 0.25) is 0 Å². The summed E-state index contributed by atoms with van der Waals surface area (Å²) >= 11 is 0. The van der Waals surface area contributed by atoms with E-state index in [1.807, 2.05) is 37.4 Å². The van der Waals surface area contributed by atoms with Gasteiger partial charge in [-0.05, 0) is 37.8 Å². The van der Waals surface area contributed by atoms with Gasteiger partial charge >= 0.3 is 0 Å². The van der Waals surface area contributed by atoms with Crippen molar-refractivity contribution in [3.63, 3.8) is 0 Å². The number of hydrogen-bond acceptors (Lipinski definition) is 3. The number of aliphatic hydroxyl groups excluding tert-OH is 1. The van der Waals surface area contributed by atoms with Gasteiger partial charge in [-0.15, -0.1) is 24.0 Å². The summed E-state index contributed by atoms with van der Waals surface area (Å²) in [5, 5.41) is 12.5. The van der Waals surface area contributed by atoms with E-state index in [9.17, 15) is 5.11 Å². The zero-order valence-electron chi connectivity index (χ0n) is 15.8. The predicted molar refractivity (Wildman–Crippen MR) is 116 cm³/mol. The molecule has 0 saturated carbocycles. The smallest absolute Gasteiger partial charge is 0.193 e. The van der Waals surface area contributed by atoms with E-state index in [-0.39, 0.29) is 30.6 Å². The number of nitrogens with zero attached hydrogens (tertiary/aromatic N) is 2. The van der Waals surface area contributed by atoms with Gasteiger partial charge in [-0.3, -0.25) is 4.99 Å². The third kappa shape index (κ3) is 10.5. The molecule has 0 aliphatic carbocycles. The Morgan fingerprint density at radius 1 is 1.24 bits per heavy atom. The van der Waals surface area contributed by atoms with Gasteiger partial charge in [-0.2, -0.15) is 0 Å². The summed E-state index contributed by atoms with van der Waals surface area (Å²) in [5.74, 6) is 2.23. The van der Waals surface area contributed by atoms with E-state index in [0.717, 1.165) is 50.6 Å². The molecule has 0 spiro atoms. The Kier molecular flexibility index (Phi) is 14.6. The minimum absolute atomic E-state index is 0. The van der Waals surface area contributed by atoms with Crippen molar-refractivity contribution in [2.45, 2.75) is 33.1 Å². The second-order valence-corrected chi connectivity index (χ2v) is 5.94. The second-order valence-electron chi connectivity index (χ2n) is 5.94. The molecule has 1 aromatic rings. The molecule has 1 aromatic carbocycles. The average molecular weight is 463 g/mol. The molecule has 0 aliphatic rings. The van der Waals surface area contributed by atoms with Gasteiger partial charge in [0.05, 0.1) is 6.54 Å². The predicted octanol–water partition coefficient (Wildman–Crippen LogP) is 3.38. The van der Waals surface area contributed by atoms with Gasteiger partial charge in [0.2, 0.25) is 0 Å². The second kappa shape index (κ2) is 15.3. The molecule has 0 heterocycles. The molecule has 0 aliphatic heterocycles. The fourth-order valence-electron chi connectivity index (χ4n) is 2.53. The fraction of sp³-hybridized carbons (Fsp3) is 0.632. The van der Waals surface area contributed by atoms with Crippen molar-refractivity contribution in [1.29, 1.82) is 0 Å². The molecular formula is C19H34IN3O2. The quantitative estimate of drug-likeness (QED) is 0.300. The molecule has 1 rings (SSSR count). The molecule has 0 radical (unpaired) electrons. The van der Waals surface area contributed by atoms with Gasteiger partial charge < -0.3 is 20.1 Å². The molecule has 0 bridgehead atoms. The average Bonchev–Trinajstić information content (AvgIpc) is 2.59. The van der Waals surface area contributed by atoms with Crippen LogP contribution in [0.25, 0.3) is 0 Å². The molecule has 1 unspecified atom stereocenters. The number of guanidine groups is 1. The maximum absolute atomic E-state index is 9.17. The Morgan fingerprint density at radius 2 is 1.96 bits per heavy atom. The van der Waals surface area contributed by atoms with Crippen LogP contribution in [0.1, 0.15) is 33.1 Å². The zero-order chi connectivity index (χ0) is 17.6. The highest BCUT2D eigenvalue weighted by atomic mass is 127. The van der Waals surface area contributed by atoms with E-state index in [2.05, 4.69) is 24.1 Å². The van der Waals surface area contributed by atoms with E-state index in [0.29, 0.717) is 12.5 Å². The molecule has 0 saturated heterocycles. The largest absolute Gasteiger partial charge is 0.492 e. The van der Waals surface area contributed by atoms with E-state index in [1.54, 1.807) is 0 Å². The first-order valence-corrected chi connectivity index (χ1v) is 8.99. The molecule has 0 aromatic heterocycles. The number of likely N-dealkylation sites (N-methyl/N-ethyl adjacent to an activating group) is 1. The third-order valence-electron chi connectivity index (χ3n) is 3.87. The maximum atomic E-state index is 9.17. The highest BCUT2D eigenvalue weighted by molar-refractivity contribution is 14.0. The fourth-order valence-corrected chi connectivity index (χ4v) is 2.53. The summed E-state index contributed by atoms with van der Waals surface area (Å²) in [5.41, 5.74) is 0. The normalized spacial score (nSPS) is 12.2. The summed E-state index contributed by atoms with van der Waals surface area (Å²) in [6.45, 7) is 7.44. The van der Waals surface area contributed by atoms with Crippen LogP contribution >= 0.6 is 24.0 Å². The summed E-state index contributed by atoms with van der Waals surface area (Å²) < 4.78 is 5.75. The van der Waals surface area contributed by atoms with Crippen molar-refractivity contribution >= 4 is 29.9 Å². The molecular weight excluding hydrogens is 429 g/mol. The highest BCUT2D eigenvalue weighted by Crippen LogP contribution is 2.11. The Bertz CT molecular complexity index is 451. The SMILES string of the molecule is CCCC(CCO)CN=C(NCC)N(C)CCOc1ccccc1.I. The zero-order valence-corrected chi connectivity index (χ0v) is 18.1. The minimum atomic E-state index is 0. The van der Waals surface area contributed by atoms with E-state index in [4.69, 9.17) is 9.73 Å². The van der Waals surface area contributed by atoms with Gasteiger partial charge in [-0.1, -0.05) is 31.5 Å². The Hall–Kier alpha value is -1.02. The van der Waals surface area contributed by atoms with Gasteiger partial charge in [-0.25, -0.2) is 0 Å². The van der Waals surface area contributed by atoms with Crippen molar-refractivity contribution < 1.29 is 9.84 Å². The lowest BCUT2D eigenvalue weighted by molar-refractivity contribution is 0.253. The molecule has 5 nitrogen and oxygen atoms in total. The van der Waals surface area contributed by atoms with Crippen molar-refractivity contribution in [1.82, 2.24) is 10.2 Å². The van der Waals surface area contributed by atoms with Crippen LogP contribution in [0, 0.1) is 5.92 Å². The Labute approximate surface area is 169 Å². The van der Waals surface area contributed by atoms with Gasteiger partial charge in [0.15, 0.2) is 5.96 Å². The molecule has 2 N–H and O–H groups in total. The van der Waals surface area contributed by atoms with E-state index < -0.39 is 0 Å². The highest BCUT2D eigenvalue weighted by Gasteiger charge is 2.10. The number of nitrogens with one attached hydrogen (secondary N) is 1. The summed E-state index contributed by atoms with van der Waals surface area (Å²) in [6.07, 6.45) is 3.04. The van der Waals surface area contributed by atoms with Crippen molar-refractivity contribution in [2.24, 2.45) is 10.9 Å². The van der Waals surface area contributed by atoms with Gasteiger partial charge in [0, 0.05) is 26.7 Å². The van der Waals surface area contributed by atoms with Crippen molar-refractivity contribution in [2.75, 3.05) is 39.9 Å². The molecule has 1 atom stereocenters. The summed E-state index contributed by atoms with van der Waals surface area (Å²) in [6, 6.07) is 9.85. The van der Waals surface area contributed by atoms with Crippen LogP contribution in [-0.2, 0) is 0 Å². The molecule has 144 valence electrons. The first-order chi connectivity index (χ1) is 11.7. The number of aliphatic imine (C=N–C) groups is 1. The number of halogens is 1.